The molecule has 1 aliphatic heterocycles. The Kier molecular flexibility index (Phi) is 5.66. The van der Waals surface area contributed by atoms with Crippen LogP contribution in [0.2, 0.25) is 0 Å². The summed E-state index contributed by atoms with van der Waals surface area (Å²) in [5, 5.41) is 0. The van der Waals surface area contributed by atoms with Crippen LogP contribution in [0.5, 0.6) is 0 Å². The van der Waals surface area contributed by atoms with E-state index in [-0.39, 0.29) is 29.9 Å². The molecule has 21 heavy (non-hydrogen) atoms. The van der Waals surface area contributed by atoms with Crippen molar-refractivity contribution < 1.29 is 22.0 Å². The Morgan fingerprint density at radius 3 is 2.29 bits per heavy atom. The molecular formula is C12H15ClF2N2O3S. The van der Waals surface area contributed by atoms with Crippen LogP contribution in [0.3, 0.4) is 0 Å². The molecule has 2 N–H and O–H groups in total. The van der Waals surface area contributed by atoms with Gasteiger partial charge < -0.3 is 10.6 Å². The lowest BCUT2D eigenvalue weighted by Gasteiger charge is -2.15. The number of alkyl halides is 2. The lowest BCUT2D eigenvalue weighted by Crippen LogP contribution is -2.31. The first kappa shape index (κ1) is 17.8. The van der Waals surface area contributed by atoms with Crippen molar-refractivity contribution in [3.8, 4) is 0 Å². The van der Waals surface area contributed by atoms with Crippen LogP contribution < -0.4 is 5.73 Å². The number of halogens is 3. The summed E-state index contributed by atoms with van der Waals surface area (Å²) in [7, 11) is -4.63. The second kappa shape index (κ2) is 6.67. The molecule has 9 heteroatoms. The van der Waals surface area contributed by atoms with E-state index < -0.39 is 20.5 Å². The smallest absolute Gasteiger partial charge is 0.337 e. The molecule has 0 spiro atoms. The highest BCUT2D eigenvalue weighted by atomic mass is 35.5. The van der Waals surface area contributed by atoms with E-state index in [1.165, 1.54) is 12.1 Å². The van der Waals surface area contributed by atoms with E-state index in [0.29, 0.717) is 19.5 Å². The van der Waals surface area contributed by atoms with Gasteiger partial charge in [-0.2, -0.15) is 8.78 Å². The molecule has 1 aromatic carbocycles. The Labute approximate surface area is 127 Å². The van der Waals surface area contributed by atoms with Crippen LogP contribution in [-0.2, 0) is 9.84 Å². The zero-order valence-corrected chi connectivity index (χ0v) is 12.5. The first-order valence-corrected chi connectivity index (χ1v) is 7.54. The Hall–Kier alpha value is -1.25. The number of carbonyl (C=O) groups is 1. The van der Waals surface area contributed by atoms with Gasteiger partial charge >= 0.3 is 5.76 Å². The average Bonchev–Trinajstić information content (AvgIpc) is 2.84. The number of benzene rings is 1. The second-order valence-electron chi connectivity index (χ2n) is 4.63. The van der Waals surface area contributed by atoms with Gasteiger partial charge in [0, 0.05) is 24.7 Å². The van der Waals surface area contributed by atoms with Gasteiger partial charge in [0.05, 0.1) is 4.90 Å². The fraction of sp³-hybridized carbons (Fsp3) is 0.417. The van der Waals surface area contributed by atoms with Crippen molar-refractivity contribution >= 4 is 28.2 Å². The van der Waals surface area contributed by atoms with Crippen LogP contribution in [-0.4, -0.2) is 44.1 Å². The monoisotopic (exact) mass is 340 g/mol. The number of carbonyl (C=O) groups excluding carboxylic acids is 1. The maximum atomic E-state index is 12.4. The second-order valence-corrected chi connectivity index (χ2v) is 6.55. The number of sulfone groups is 1. The predicted octanol–water partition coefficient (Wildman–Crippen LogP) is 1.28. The first-order chi connectivity index (χ1) is 9.32. The molecule has 1 amide bonds. The van der Waals surface area contributed by atoms with Crippen molar-refractivity contribution in [3.05, 3.63) is 29.8 Å². The summed E-state index contributed by atoms with van der Waals surface area (Å²) in [4.78, 5) is 13.1. The Morgan fingerprint density at radius 1 is 1.29 bits per heavy atom. The highest BCUT2D eigenvalue weighted by molar-refractivity contribution is 7.91. The number of hydrogen-bond donors (Lipinski definition) is 1. The maximum Gasteiger partial charge on any atom is 0.341 e. The van der Waals surface area contributed by atoms with Crippen molar-refractivity contribution in [2.75, 3.05) is 13.1 Å². The lowest BCUT2D eigenvalue weighted by molar-refractivity contribution is 0.0791. The summed E-state index contributed by atoms with van der Waals surface area (Å²) < 4.78 is 47.2. The minimum Gasteiger partial charge on any atom is -0.337 e. The topological polar surface area (TPSA) is 80.5 Å². The zero-order chi connectivity index (χ0) is 14.9. The quantitative estimate of drug-likeness (QED) is 0.898. The van der Waals surface area contributed by atoms with E-state index in [0.717, 1.165) is 12.1 Å². The lowest BCUT2D eigenvalue weighted by atomic mass is 10.2. The number of hydrogen-bond acceptors (Lipinski definition) is 4. The van der Waals surface area contributed by atoms with Gasteiger partial charge in [0.15, 0.2) is 0 Å². The number of nitrogens with zero attached hydrogens (tertiary/aromatic N) is 1. The molecule has 1 atom stereocenters. The van der Waals surface area contributed by atoms with Crippen molar-refractivity contribution in [3.63, 3.8) is 0 Å². The van der Waals surface area contributed by atoms with Crippen LogP contribution in [0.15, 0.2) is 29.2 Å². The summed E-state index contributed by atoms with van der Waals surface area (Å²) >= 11 is 0. The molecule has 0 unspecified atom stereocenters. The summed E-state index contributed by atoms with van der Waals surface area (Å²) in [6.07, 6.45) is 0.712. The van der Waals surface area contributed by atoms with Gasteiger partial charge in [-0.1, -0.05) is 0 Å². The van der Waals surface area contributed by atoms with E-state index in [4.69, 9.17) is 5.73 Å². The van der Waals surface area contributed by atoms with Crippen molar-refractivity contribution in [2.45, 2.75) is 23.1 Å². The first-order valence-electron chi connectivity index (χ1n) is 5.99. The van der Waals surface area contributed by atoms with Gasteiger partial charge in [0.1, 0.15) is 0 Å². The SMILES string of the molecule is Cl.N[C@@H]1CCN(C(=O)c2ccc(S(=O)(=O)C(F)F)cc2)C1. The van der Waals surface area contributed by atoms with Gasteiger partial charge in [-0.05, 0) is 30.7 Å². The fourth-order valence-electron chi connectivity index (χ4n) is 2.04. The van der Waals surface area contributed by atoms with E-state index in [1.54, 1.807) is 4.90 Å². The third kappa shape index (κ3) is 3.69. The normalized spacial score (nSPS) is 18.7. The largest absolute Gasteiger partial charge is 0.341 e. The third-order valence-electron chi connectivity index (χ3n) is 3.18. The fourth-order valence-corrected chi connectivity index (χ4v) is 2.77. The Morgan fingerprint density at radius 2 is 1.86 bits per heavy atom. The molecule has 1 aliphatic rings. The standard InChI is InChI=1S/C12H14F2N2O3S.ClH/c13-12(14)20(18,19)10-3-1-8(2-4-10)11(17)16-6-5-9(15)7-16;/h1-4,9,12H,5-7,15H2;1H/t9-;/m1./s1. The summed E-state index contributed by atoms with van der Waals surface area (Å²) in [5.41, 5.74) is 5.96. The molecule has 2 rings (SSSR count). The molecule has 0 aromatic heterocycles. The van der Waals surface area contributed by atoms with Crippen LogP contribution in [0, 0.1) is 0 Å². The van der Waals surface area contributed by atoms with Crippen LogP contribution in [0.4, 0.5) is 8.78 Å². The molecular weight excluding hydrogens is 326 g/mol. The molecule has 0 bridgehead atoms. The maximum absolute atomic E-state index is 12.4. The highest BCUT2D eigenvalue weighted by Gasteiger charge is 2.28. The van der Waals surface area contributed by atoms with Crippen LogP contribution in [0.25, 0.3) is 0 Å². The van der Waals surface area contributed by atoms with Gasteiger partial charge in [0.2, 0.25) is 9.84 Å². The predicted molar refractivity (Wildman–Crippen MR) is 75.4 cm³/mol. The van der Waals surface area contributed by atoms with E-state index in [9.17, 15) is 22.0 Å². The number of amides is 1. The van der Waals surface area contributed by atoms with E-state index in [1.807, 2.05) is 0 Å². The summed E-state index contributed by atoms with van der Waals surface area (Å²) in [6.45, 7) is 0.979. The molecule has 1 heterocycles. The minimum atomic E-state index is -4.63. The Balaban J connectivity index is 0.00000220. The molecule has 0 saturated carbocycles. The third-order valence-corrected chi connectivity index (χ3v) is 4.57. The molecule has 1 fully saturated rings. The summed E-state index contributed by atoms with van der Waals surface area (Å²) in [5.74, 6) is -3.75. The van der Waals surface area contributed by atoms with Gasteiger partial charge in [-0.3, -0.25) is 4.79 Å². The minimum absolute atomic E-state index is 0. The van der Waals surface area contributed by atoms with Crippen LogP contribution in [0.1, 0.15) is 16.8 Å². The van der Waals surface area contributed by atoms with Crippen molar-refractivity contribution in [2.24, 2.45) is 5.73 Å². The zero-order valence-electron chi connectivity index (χ0n) is 10.9. The molecule has 5 nitrogen and oxygen atoms in total. The summed E-state index contributed by atoms with van der Waals surface area (Å²) in [6, 6.07) is 4.45. The van der Waals surface area contributed by atoms with Gasteiger partial charge in [0.25, 0.3) is 5.91 Å². The number of rotatable bonds is 3. The number of nitrogens with two attached hydrogens (primary N) is 1. The van der Waals surface area contributed by atoms with Gasteiger partial charge in [-0.15, -0.1) is 12.4 Å². The average molecular weight is 341 g/mol. The molecule has 0 radical (unpaired) electrons. The van der Waals surface area contributed by atoms with E-state index >= 15 is 0 Å². The van der Waals surface area contributed by atoms with Crippen molar-refractivity contribution in [1.29, 1.82) is 0 Å². The van der Waals surface area contributed by atoms with Crippen LogP contribution >= 0.6 is 12.4 Å². The Bertz CT molecular complexity index is 607. The molecule has 118 valence electrons. The molecule has 1 aromatic rings. The van der Waals surface area contributed by atoms with Crippen molar-refractivity contribution in [1.82, 2.24) is 4.90 Å². The molecule has 0 aliphatic carbocycles. The highest BCUT2D eigenvalue weighted by Crippen LogP contribution is 2.20. The number of likely N-dealkylation sites (tertiary alicyclic amines) is 1. The van der Waals surface area contributed by atoms with Gasteiger partial charge in [-0.25, -0.2) is 8.42 Å². The molecule has 1 saturated heterocycles. The van der Waals surface area contributed by atoms with E-state index in [2.05, 4.69) is 0 Å².